The summed E-state index contributed by atoms with van der Waals surface area (Å²) in [6.07, 6.45) is 0.733. The van der Waals surface area contributed by atoms with Gasteiger partial charge in [0, 0.05) is 5.75 Å². The number of esters is 1. The molecule has 0 saturated carbocycles. The fourth-order valence-electron chi connectivity index (χ4n) is 2.77. The minimum absolute atomic E-state index is 0.0733. The number of para-hydroxylation sites is 1. The molecular formula is C16H22ClNO2S. The molecule has 3 nitrogen and oxygen atoms in total. The maximum atomic E-state index is 12.6. The Morgan fingerprint density at radius 3 is 2.71 bits per heavy atom. The van der Waals surface area contributed by atoms with Crippen LogP contribution in [0.15, 0.2) is 24.3 Å². The van der Waals surface area contributed by atoms with Gasteiger partial charge in [-0.25, -0.2) is 4.79 Å². The van der Waals surface area contributed by atoms with E-state index in [1.54, 1.807) is 11.8 Å². The normalized spacial score (nSPS) is 24.4. The first kappa shape index (κ1) is 16.5. The topological polar surface area (TPSA) is 38.3 Å². The van der Waals surface area contributed by atoms with Crippen LogP contribution in [-0.4, -0.2) is 29.6 Å². The van der Waals surface area contributed by atoms with Crippen LogP contribution in [0.1, 0.15) is 27.2 Å². The van der Waals surface area contributed by atoms with Crippen LogP contribution in [0.25, 0.3) is 0 Å². The van der Waals surface area contributed by atoms with E-state index in [2.05, 4.69) is 19.2 Å². The van der Waals surface area contributed by atoms with Gasteiger partial charge in [0.1, 0.15) is 5.54 Å². The minimum atomic E-state index is -0.715. The van der Waals surface area contributed by atoms with E-state index in [9.17, 15) is 4.79 Å². The second-order valence-electron chi connectivity index (χ2n) is 6.24. The van der Waals surface area contributed by atoms with Crippen LogP contribution >= 0.6 is 23.4 Å². The van der Waals surface area contributed by atoms with Gasteiger partial charge in [-0.15, -0.1) is 0 Å². The molecule has 1 aromatic carbocycles. The van der Waals surface area contributed by atoms with Gasteiger partial charge in [0.25, 0.3) is 0 Å². The van der Waals surface area contributed by atoms with Crippen molar-refractivity contribution in [2.45, 2.75) is 32.7 Å². The van der Waals surface area contributed by atoms with Crippen molar-refractivity contribution in [1.82, 2.24) is 0 Å². The van der Waals surface area contributed by atoms with Crippen LogP contribution in [0.4, 0.5) is 5.69 Å². The number of hydrogen-bond donors (Lipinski definition) is 1. The number of halogens is 1. The summed E-state index contributed by atoms with van der Waals surface area (Å²) in [7, 11) is 0. The highest BCUT2D eigenvalue weighted by atomic mass is 35.5. The van der Waals surface area contributed by atoms with Gasteiger partial charge in [0.05, 0.1) is 17.3 Å². The summed E-state index contributed by atoms with van der Waals surface area (Å²) in [6, 6.07) is 7.51. The molecule has 0 aromatic heterocycles. The lowest BCUT2D eigenvalue weighted by molar-refractivity contribution is -0.149. The summed E-state index contributed by atoms with van der Waals surface area (Å²) in [6.45, 7) is 6.58. The van der Waals surface area contributed by atoms with Gasteiger partial charge in [0.15, 0.2) is 0 Å². The van der Waals surface area contributed by atoms with E-state index in [0.29, 0.717) is 17.4 Å². The van der Waals surface area contributed by atoms with Crippen LogP contribution < -0.4 is 5.32 Å². The van der Waals surface area contributed by atoms with Crippen molar-refractivity contribution in [2.24, 2.45) is 5.41 Å². The minimum Gasteiger partial charge on any atom is -0.464 e. The molecular weight excluding hydrogens is 306 g/mol. The Morgan fingerprint density at radius 2 is 2.10 bits per heavy atom. The highest BCUT2D eigenvalue weighted by Gasteiger charge is 2.47. The quantitative estimate of drug-likeness (QED) is 0.840. The second-order valence-corrected chi connectivity index (χ2v) is 7.63. The molecule has 1 aromatic rings. The molecule has 0 spiro atoms. The van der Waals surface area contributed by atoms with Gasteiger partial charge in [-0.2, -0.15) is 11.8 Å². The molecule has 0 aliphatic carbocycles. The Labute approximate surface area is 135 Å². The SMILES string of the molecule is CCOC(=O)C1(Nc2ccccc2Cl)CSCC(C)(C)C1. The third kappa shape index (κ3) is 3.86. The number of carbonyl (C=O) groups is 1. The van der Waals surface area contributed by atoms with Gasteiger partial charge in [-0.1, -0.05) is 37.6 Å². The lowest BCUT2D eigenvalue weighted by Crippen LogP contribution is -2.55. The van der Waals surface area contributed by atoms with Crippen LogP contribution in [-0.2, 0) is 9.53 Å². The first-order chi connectivity index (χ1) is 9.88. The largest absolute Gasteiger partial charge is 0.464 e. The lowest BCUT2D eigenvalue weighted by Gasteiger charge is -2.43. The van der Waals surface area contributed by atoms with Gasteiger partial charge in [0.2, 0.25) is 0 Å². The molecule has 0 bridgehead atoms. The van der Waals surface area contributed by atoms with Crippen molar-refractivity contribution in [3.63, 3.8) is 0 Å². The Balaban J connectivity index is 2.32. The van der Waals surface area contributed by atoms with Crippen molar-refractivity contribution >= 4 is 35.0 Å². The van der Waals surface area contributed by atoms with E-state index in [4.69, 9.17) is 16.3 Å². The van der Waals surface area contributed by atoms with Crippen molar-refractivity contribution in [3.05, 3.63) is 29.3 Å². The maximum Gasteiger partial charge on any atom is 0.332 e. The van der Waals surface area contributed by atoms with E-state index < -0.39 is 5.54 Å². The number of thioether (sulfide) groups is 1. The number of anilines is 1. The molecule has 1 unspecified atom stereocenters. The predicted molar refractivity (Wildman–Crippen MR) is 90.2 cm³/mol. The van der Waals surface area contributed by atoms with Crippen molar-refractivity contribution in [2.75, 3.05) is 23.4 Å². The Bertz CT molecular complexity index is 521. The van der Waals surface area contributed by atoms with Crippen LogP contribution in [0.2, 0.25) is 5.02 Å². The molecule has 21 heavy (non-hydrogen) atoms. The maximum absolute atomic E-state index is 12.6. The summed E-state index contributed by atoms with van der Waals surface area (Å²) < 4.78 is 5.33. The molecule has 1 N–H and O–H groups in total. The third-order valence-corrected chi connectivity index (χ3v) is 5.55. The summed E-state index contributed by atoms with van der Waals surface area (Å²) in [5.41, 5.74) is 0.141. The number of ether oxygens (including phenoxy) is 1. The highest BCUT2D eigenvalue weighted by Crippen LogP contribution is 2.42. The summed E-state index contributed by atoms with van der Waals surface area (Å²) in [5.74, 6) is 1.55. The Hall–Kier alpha value is -0.870. The first-order valence-electron chi connectivity index (χ1n) is 7.16. The molecule has 1 aliphatic rings. The van der Waals surface area contributed by atoms with Crippen molar-refractivity contribution < 1.29 is 9.53 Å². The molecule has 0 radical (unpaired) electrons. The number of nitrogens with one attached hydrogen (secondary N) is 1. The fourth-order valence-corrected chi connectivity index (χ4v) is 4.35. The molecule has 1 heterocycles. The average molecular weight is 328 g/mol. The second kappa shape index (κ2) is 6.49. The number of carbonyl (C=O) groups excluding carboxylic acids is 1. The zero-order chi connectivity index (χ0) is 15.5. The standard InChI is InChI=1S/C16H22ClNO2S/c1-4-20-14(19)16(9-15(2,3)10-21-11-16)18-13-8-6-5-7-12(13)17/h5-8,18H,4,9-11H2,1-3H3. The zero-order valence-corrected chi connectivity index (χ0v) is 14.3. The monoisotopic (exact) mass is 327 g/mol. The van der Waals surface area contributed by atoms with Gasteiger partial charge in [-0.05, 0) is 36.6 Å². The van der Waals surface area contributed by atoms with E-state index in [-0.39, 0.29) is 11.4 Å². The molecule has 0 amide bonds. The summed E-state index contributed by atoms with van der Waals surface area (Å²) in [4.78, 5) is 12.6. The van der Waals surface area contributed by atoms with Crippen LogP contribution in [0.5, 0.6) is 0 Å². The number of rotatable bonds is 4. The van der Waals surface area contributed by atoms with Crippen LogP contribution in [0, 0.1) is 5.41 Å². The average Bonchev–Trinajstić information content (AvgIpc) is 2.40. The van der Waals surface area contributed by atoms with E-state index in [1.807, 2.05) is 31.2 Å². The summed E-state index contributed by atoms with van der Waals surface area (Å²) in [5, 5.41) is 4.00. The highest BCUT2D eigenvalue weighted by molar-refractivity contribution is 7.99. The van der Waals surface area contributed by atoms with E-state index in [0.717, 1.165) is 17.9 Å². The van der Waals surface area contributed by atoms with Gasteiger partial charge >= 0.3 is 5.97 Å². The molecule has 1 aliphatic heterocycles. The lowest BCUT2D eigenvalue weighted by atomic mass is 9.79. The van der Waals surface area contributed by atoms with Crippen molar-refractivity contribution in [1.29, 1.82) is 0 Å². The number of hydrogen-bond acceptors (Lipinski definition) is 4. The molecule has 1 atom stereocenters. The van der Waals surface area contributed by atoms with Crippen LogP contribution in [0.3, 0.4) is 0 Å². The smallest absolute Gasteiger partial charge is 0.332 e. The molecule has 2 rings (SSSR count). The zero-order valence-electron chi connectivity index (χ0n) is 12.7. The Morgan fingerprint density at radius 1 is 1.38 bits per heavy atom. The van der Waals surface area contributed by atoms with Gasteiger partial charge < -0.3 is 10.1 Å². The molecule has 1 saturated heterocycles. The third-order valence-electron chi connectivity index (χ3n) is 3.54. The van der Waals surface area contributed by atoms with E-state index >= 15 is 0 Å². The summed E-state index contributed by atoms with van der Waals surface area (Å²) >= 11 is 8.02. The molecule has 116 valence electrons. The first-order valence-corrected chi connectivity index (χ1v) is 8.69. The number of benzene rings is 1. The molecule has 1 fully saturated rings. The molecule has 5 heteroatoms. The predicted octanol–water partition coefficient (Wildman–Crippen LogP) is 4.22. The van der Waals surface area contributed by atoms with Gasteiger partial charge in [-0.3, -0.25) is 0 Å². The fraction of sp³-hybridized carbons (Fsp3) is 0.562. The Kier molecular flexibility index (Phi) is 5.10. The van der Waals surface area contributed by atoms with Crippen molar-refractivity contribution in [3.8, 4) is 0 Å². The van der Waals surface area contributed by atoms with E-state index in [1.165, 1.54) is 0 Å².